The van der Waals surface area contributed by atoms with Gasteiger partial charge in [-0.1, -0.05) is 12.1 Å². The van der Waals surface area contributed by atoms with E-state index in [0.717, 1.165) is 11.3 Å². The number of aryl methyl sites for hydroxylation is 1. The molecule has 4 nitrogen and oxygen atoms in total. The van der Waals surface area contributed by atoms with Crippen molar-refractivity contribution in [3.63, 3.8) is 0 Å². The maximum absolute atomic E-state index is 12.1. The highest BCUT2D eigenvalue weighted by Gasteiger charge is 2.10. The lowest BCUT2D eigenvalue weighted by Gasteiger charge is -2.18. The molecule has 2 amide bonds. The number of hydrogen-bond donors (Lipinski definition) is 2. The van der Waals surface area contributed by atoms with Gasteiger partial charge >= 0.3 is 6.03 Å². The van der Waals surface area contributed by atoms with Gasteiger partial charge in [-0.3, -0.25) is 4.90 Å². The number of carbonyl (C=O) groups is 1. The highest BCUT2D eigenvalue weighted by molar-refractivity contribution is 6.01. The lowest BCUT2D eigenvalue weighted by Crippen LogP contribution is -2.31. The zero-order valence-electron chi connectivity index (χ0n) is 10.9. The molecule has 0 aliphatic rings. The van der Waals surface area contributed by atoms with Crippen molar-refractivity contribution >= 4 is 17.4 Å². The molecule has 0 aliphatic carbocycles. The predicted octanol–water partition coefficient (Wildman–Crippen LogP) is 3.37. The first-order chi connectivity index (χ1) is 9.06. The number of urea groups is 1. The second kappa shape index (κ2) is 5.44. The number of nitrogens with one attached hydrogen (secondary N) is 1. The molecule has 0 heterocycles. The van der Waals surface area contributed by atoms with Crippen molar-refractivity contribution in [2.75, 3.05) is 17.3 Å². The number of rotatable bonds is 2. The van der Waals surface area contributed by atoms with Gasteiger partial charge in [0.2, 0.25) is 0 Å². The highest BCUT2D eigenvalue weighted by atomic mass is 16.3. The Morgan fingerprint density at radius 1 is 1.16 bits per heavy atom. The van der Waals surface area contributed by atoms with Crippen LogP contribution < -0.4 is 10.2 Å². The molecular formula is C15H16N2O2. The summed E-state index contributed by atoms with van der Waals surface area (Å²) in [6.07, 6.45) is 0. The summed E-state index contributed by atoms with van der Waals surface area (Å²) in [5.41, 5.74) is 2.56. The minimum absolute atomic E-state index is 0.177. The van der Waals surface area contributed by atoms with Gasteiger partial charge < -0.3 is 10.4 Å². The molecule has 0 saturated heterocycles. The Morgan fingerprint density at radius 2 is 1.84 bits per heavy atom. The van der Waals surface area contributed by atoms with E-state index in [1.54, 1.807) is 31.3 Å². The summed E-state index contributed by atoms with van der Waals surface area (Å²) in [6, 6.07) is 13.9. The monoisotopic (exact) mass is 256 g/mol. The molecule has 0 fully saturated rings. The predicted molar refractivity (Wildman–Crippen MR) is 76.7 cm³/mol. The molecule has 2 rings (SSSR count). The van der Waals surface area contributed by atoms with Crippen LogP contribution in [0.4, 0.5) is 16.2 Å². The van der Waals surface area contributed by atoms with Crippen molar-refractivity contribution in [1.29, 1.82) is 0 Å². The Labute approximate surface area is 112 Å². The van der Waals surface area contributed by atoms with Gasteiger partial charge in [-0.2, -0.15) is 0 Å². The summed E-state index contributed by atoms with van der Waals surface area (Å²) in [6.45, 7) is 1.97. The number of amides is 2. The SMILES string of the molecule is Cc1cccc(NC(=O)N(C)c2ccc(O)cc2)c1. The van der Waals surface area contributed by atoms with E-state index < -0.39 is 0 Å². The van der Waals surface area contributed by atoms with Crippen molar-refractivity contribution < 1.29 is 9.90 Å². The molecule has 0 aliphatic heterocycles. The van der Waals surface area contributed by atoms with Crippen LogP contribution in [0.2, 0.25) is 0 Å². The molecule has 2 N–H and O–H groups in total. The molecule has 98 valence electrons. The normalized spacial score (nSPS) is 10.0. The lowest BCUT2D eigenvalue weighted by molar-refractivity contribution is 0.258. The van der Waals surface area contributed by atoms with Crippen molar-refractivity contribution in [2.45, 2.75) is 6.92 Å². The van der Waals surface area contributed by atoms with E-state index in [1.807, 2.05) is 31.2 Å². The summed E-state index contributed by atoms with van der Waals surface area (Å²) in [7, 11) is 1.68. The van der Waals surface area contributed by atoms with Crippen molar-refractivity contribution in [1.82, 2.24) is 0 Å². The van der Waals surface area contributed by atoms with Crippen LogP contribution in [0.25, 0.3) is 0 Å². The number of nitrogens with zero attached hydrogens (tertiary/aromatic N) is 1. The van der Waals surface area contributed by atoms with E-state index >= 15 is 0 Å². The van der Waals surface area contributed by atoms with Crippen molar-refractivity contribution in [3.8, 4) is 5.75 Å². The molecule has 0 radical (unpaired) electrons. The fraction of sp³-hybridized carbons (Fsp3) is 0.133. The Bertz CT molecular complexity index is 579. The molecule has 4 heteroatoms. The van der Waals surface area contributed by atoms with E-state index in [0.29, 0.717) is 5.69 Å². The van der Waals surface area contributed by atoms with Gasteiger partial charge in [0, 0.05) is 18.4 Å². The third-order valence-electron chi connectivity index (χ3n) is 2.81. The fourth-order valence-electron chi connectivity index (χ4n) is 1.72. The minimum Gasteiger partial charge on any atom is -0.508 e. The van der Waals surface area contributed by atoms with E-state index in [1.165, 1.54) is 4.90 Å². The maximum Gasteiger partial charge on any atom is 0.326 e. The summed E-state index contributed by atoms with van der Waals surface area (Å²) in [5, 5.41) is 12.0. The Balaban J connectivity index is 2.09. The molecule has 0 spiro atoms. The topological polar surface area (TPSA) is 52.6 Å². The summed E-state index contributed by atoms with van der Waals surface area (Å²) in [5.74, 6) is 0.177. The number of phenols is 1. The molecule has 0 bridgehead atoms. The third kappa shape index (κ3) is 3.25. The zero-order chi connectivity index (χ0) is 13.8. The van der Waals surface area contributed by atoms with Crippen LogP contribution in [0.5, 0.6) is 5.75 Å². The largest absolute Gasteiger partial charge is 0.508 e. The van der Waals surface area contributed by atoms with Gasteiger partial charge in [0.15, 0.2) is 0 Å². The Morgan fingerprint density at radius 3 is 2.47 bits per heavy atom. The van der Waals surface area contributed by atoms with Gasteiger partial charge in [0.25, 0.3) is 0 Å². The summed E-state index contributed by atoms with van der Waals surface area (Å²) >= 11 is 0. The van der Waals surface area contributed by atoms with Gasteiger partial charge in [-0.15, -0.1) is 0 Å². The van der Waals surface area contributed by atoms with E-state index in [-0.39, 0.29) is 11.8 Å². The minimum atomic E-state index is -0.226. The number of anilines is 2. The molecule has 0 aromatic heterocycles. The fourth-order valence-corrected chi connectivity index (χ4v) is 1.72. The molecule has 0 unspecified atom stereocenters. The van der Waals surface area contributed by atoms with Gasteiger partial charge in [-0.25, -0.2) is 4.79 Å². The Kier molecular flexibility index (Phi) is 3.71. The first kappa shape index (κ1) is 13.0. The summed E-state index contributed by atoms with van der Waals surface area (Å²) in [4.78, 5) is 13.5. The van der Waals surface area contributed by atoms with Crippen LogP contribution in [0.3, 0.4) is 0 Å². The summed E-state index contributed by atoms with van der Waals surface area (Å²) < 4.78 is 0. The first-order valence-corrected chi connectivity index (χ1v) is 5.96. The van der Waals surface area contributed by atoms with Gasteiger partial charge in [0.05, 0.1) is 0 Å². The number of aromatic hydroxyl groups is 1. The van der Waals surface area contributed by atoms with Crippen molar-refractivity contribution in [3.05, 3.63) is 54.1 Å². The third-order valence-corrected chi connectivity index (χ3v) is 2.81. The maximum atomic E-state index is 12.1. The van der Waals surface area contributed by atoms with E-state index in [4.69, 9.17) is 0 Å². The molecule has 2 aromatic rings. The number of phenolic OH excluding ortho intramolecular Hbond substituents is 1. The van der Waals surface area contributed by atoms with Gasteiger partial charge in [0.1, 0.15) is 5.75 Å². The van der Waals surface area contributed by atoms with Crippen LogP contribution >= 0.6 is 0 Å². The zero-order valence-corrected chi connectivity index (χ0v) is 10.9. The number of carbonyl (C=O) groups excluding carboxylic acids is 1. The van der Waals surface area contributed by atoms with Crippen molar-refractivity contribution in [2.24, 2.45) is 0 Å². The lowest BCUT2D eigenvalue weighted by atomic mass is 10.2. The molecule has 19 heavy (non-hydrogen) atoms. The van der Waals surface area contributed by atoms with Crippen LogP contribution in [0.15, 0.2) is 48.5 Å². The van der Waals surface area contributed by atoms with Crippen LogP contribution in [0, 0.1) is 6.92 Å². The number of benzene rings is 2. The molecule has 0 atom stereocenters. The highest BCUT2D eigenvalue weighted by Crippen LogP contribution is 2.18. The Hall–Kier alpha value is -2.49. The average molecular weight is 256 g/mol. The second-order valence-corrected chi connectivity index (χ2v) is 4.38. The smallest absolute Gasteiger partial charge is 0.326 e. The number of hydrogen-bond acceptors (Lipinski definition) is 2. The quantitative estimate of drug-likeness (QED) is 0.865. The average Bonchev–Trinajstić information content (AvgIpc) is 2.39. The van der Waals surface area contributed by atoms with Crippen LogP contribution in [-0.4, -0.2) is 18.2 Å². The molecular weight excluding hydrogens is 240 g/mol. The van der Waals surface area contributed by atoms with Crippen LogP contribution in [-0.2, 0) is 0 Å². The molecule has 2 aromatic carbocycles. The first-order valence-electron chi connectivity index (χ1n) is 5.96. The van der Waals surface area contributed by atoms with E-state index in [2.05, 4.69) is 5.32 Å². The van der Waals surface area contributed by atoms with Crippen LogP contribution in [0.1, 0.15) is 5.56 Å². The molecule has 0 saturated carbocycles. The standard InChI is InChI=1S/C15H16N2O2/c1-11-4-3-5-12(10-11)16-15(19)17(2)13-6-8-14(18)9-7-13/h3-10,18H,1-2H3,(H,16,19). The van der Waals surface area contributed by atoms with E-state index in [9.17, 15) is 9.90 Å². The second-order valence-electron chi connectivity index (χ2n) is 4.38. The van der Waals surface area contributed by atoms with Gasteiger partial charge in [-0.05, 0) is 48.9 Å².